The summed E-state index contributed by atoms with van der Waals surface area (Å²) in [6.45, 7) is 26.0. The average Bonchev–Trinajstić information content (AvgIpc) is 0.853. The molecule has 0 spiro atoms. The third-order valence-corrected chi connectivity index (χ3v) is 16.8. The summed E-state index contributed by atoms with van der Waals surface area (Å²) in [5.41, 5.74) is 5.15. The molecule has 4 aliphatic heterocycles. The number of carbonyl (C=O) groups is 4. The summed E-state index contributed by atoms with van der Waals surface area (Å²) in [7, 11) is -4.61. The number of benzene rings is 2. The maximum Gasteiger partial charge on any atom is 0.534 e. The van der Waals surface area contributed by atoms with E-state index in [9.17, 15) is 32.1 Å². The van der Waals surface area contributed by atoms with Crippen LogP contribution in [0.15, 0.2) is 48.8 Å². The topological polar surface area (TPSA) is 294 Å². The molecule has 5 heterocycles. The number of fused-ring (bicyclic) bond motifs is 4. The molecule has 96 heavy (non-hydrogen) atoms. The summed E-state index contributed by atoms with van der Waals surface area (Å²) in [5, 5.41) is 5.35. The zero-order valence-electron chi connectivity index (χ0n) is 57.1. The van der Waals surface area contributed by atoms with Crippen LogP contribution < -0.4 is 30.1 Å². The Morgan fingerprint density at radius 3 is 1.65 bits per heavy atom. The number of hydroxylamine groups is 2. The number of carbonyl (C=O) groups excluding carboxylic acids is 4. The Kier molecular flexibility index (Phi) is 32.1. The summed E-state index contributed by atoms with van der Waals surface area (Å²) in [6, 6.07) is 8.37. The molecular weight excluding hydrogens is 1270 g/mol. The molecule has 3 amide bonds. The van der Waals surface area contributed by atoms with Gasteiger partial charge in [0.05, 0.1) is 173 Å². The van der Waals surface area contributed by atoms with Crippen LogP contribution in [0.25, 0.3) is 16.7 Å². The van der Waals surface area contributed by atoms with Gasteiger partial charge in [-0.05, 0) is 76.3 Å². The van der Waals surface area contributed by atoms with Crippen LogP contribution >= 0.6 is 0 Å². The molecule has 1 saturated heterocycles. The van der Waals surface area contributed by atoms with Gasteiger partial charge in [0, 0.05) is 104 Å². The van der Waals surface area contributed by atoms with Crippen LogP contribution in [-0.4, -0.2) is 240 Å². The van der Waals surface area contributed by atoms with E-state index >= 15 is 0 Å². The van der Waals surface area contributed by atoms with E-state index in [0.717, 1.165) is 64.6 Å². The zero-order chi connectivity index (χ0) is 68.8. The number of unbranched alkanes of at least 4 members (excludes halogenated alkanes) is 2. The number of imidazole rings is 1. The minimum atomic E-state index is -4.61. The lowest BCUT2D eigenvalue weighted by molar-refractivity contribution is -0.177. The van der Waals surface area contributed by atoms with Gasteiger partial charge in [-0.1, -0.05) is 24.5 Å². The van der Waals surface area contributed by atoms with Gasteiger partial charge in [0.15, 0.2) is 5.54 Å². The molecule has 7 rings (SSSR count). The maximum absolute atomic E-state index is 12.8. The molecule has 1 fully saturated rings. The zero-order valence-corrected chi connectivity index (χ0v) is 57.9. The van der Waals surface area contributed by atoms with E-state index in [1.807, 2.05) is 38.3 Å². The highest BCUT2D eigenvalue weighted by Gasteiger charge is 2.38. The van der Waals surface area contributed by atoms with Crippen molar-refractivity contribution in [2.75, 3.05) is 182 Å². The molecule has 28 heteroatoms. The average molecular weight is 1370 g/mol. The lowest BCUT2D eigenvalue weighted by Gasteiger charge is -2.43. The molecule has 1 aromatic heterocycles. The van der Waals surface area contributed by atoms with Crippen LogP contribution in [0, 0.1) is 0 Å². The number of nitrogens with zero attached hydrogens (tertiary/aromatic N) is 5. The van der Waals surface area contributed by atoms with E-state index in [4.69, 9.17) is 66.6 Å². The highest BCUT2D eigenvalue weighted by Crippen LogP contribution is 2.47. The van der Waals surface area contributed by atoms with Crippen molar-refractivity contribution in [2.45, 2.75) is 111 Å². The molecule has 0 radical (unpaired) electrons. The van der Waals surface area contributed by atoms with Crippen LogP contribution in [0.1, 0.15) is 116 Å². The SMILES string of the molecule is CCC1=CC(C)(C)[N+](CC)=c2cc3c(cc21)=C(c1nccn1CCCCCC(=O)NCCOCCOCCOCCOCCOCCOCCOCCOCCOCCOCCOCCOC(=O)ON1C(=O)CCC1=O)c1cc2c(cc1O3)N(CC)C(C)(C)C=C2CS(=O)(=O)[O-]. The number of amides is 3. The largest absolute Gasteiger partial charge is 0.748 e. The molecular formula is C68H100N6O21S. The summed E-state index contributed by atoms with van der Waals surface area (Å²) in [4.78, 5) is 59.0. The summed E-state index contributed by atoms with van der Waals surface area (Å²) in [5.74, 6) is 0.245. The smallest absolute Gasteiger partial charge is 0.534 e. The molecule has 2 aromatic carbocycles. The first kappa shape index (κ1) is 77.1. The van der Waals surface area contributed by atoms with Gasteiger partial charge in [-0.25, -0.2) is 22.8 Å². The van der Waals surface area contributed by atoms with Gasteiger partial charge in [0.2, 0.25) is 11.3 Å². The van der Waals surface area contributed by atoms with Gasteiger partial charge in [-0.2, -0.15) is 0 Å². The van der Waals surface area contributed by atoms with Gasteiger partial charge in [-0.3, -0.25) is 19.2 Å². The normalized spacial score (nSPS) is 15.5. The predicted octanol–water partition coefficient (Wildman–Crippen LogP) is 4.96. The monoisotopic (exact) mass is 1370 g/mol. The second-order valence-corrected chi connectivity index (χ2v) is 25.4. The molecule has 4 aliphatic rings. The minimum Gasteiger partial charge on any atom is -0.748 e. The van der Waals surface area contributed by atoms with E-state index in [1.165, 1.54) is 5.57 Å². The fourth-order valence-electron chi connectivity index (χ4n) is 11.8. The Labute approximate surface area is 563 Å². The van der Waals surface area contributed by atoms with Crippen LogP contribution in [0.2, 0.25) is 0 Å². The molecule has 0 atom stereocenters. The lowest BCUT2D eigenvalue weighted by Crippen LogP contribution is -2.49. The minimum absolute atomic E-state index is 0.00507. The van der Waals surface area contributed by atoms with Crippen molar-refractivity contribution in [2.24, 2.45) is 0 Å². The van der Waals surface area contributed by atoms with Crippen molar-refractivity contribution in [1.82, 2.24) is 24.5 Å². The van der Waals surface area contributed by atoms with Crippen molar-refractivity contribution in [3.05, 3.63) is 81.9 Å². The number of aromatic nitrogens is 2. The third kappa shape index (κ3) is 24.0. The van der Waals surface area contributed by atoms with Crippen molar-refractivity contribution in [1.29, 1.82) is 0 Å². The van der Waals surface area contributed by atoms with Crippen LogP contribution in [0.5, 0.6) is 11.5 Å². The molecule has 1 N–H and O–H groups in total. The Balaban J connectivity index is 0.666. The van der Waals surface area contributed by atoms with Gasteiger partial charge >= 0.3 is 6.16 Å². The first-order valence-electron chi connectivity index (χ1n) is 33.5. The van der Waals surface area contributed by atoms with Gasteiger partial charge in [0.1, 0.15) is 30.5 Å². The fraction of sp³-hybridized carbons (Fsp3) is 0.647. The van der Waals surface area contributed by atoms with E-state index < -0.39 is 39.4 Å². The van der Waals surface area contributed by atoms with E-state index in [0.29, 0.717) is 192 Å². The lowest BCUT2D eigenvalue weighted by atomic mass is 9.85. The second kappa shape index (κ2) is 40.0. The number of nitrogens with one attached hydrogen (secondary N) is 1. The Bertz CT molecular complexity index is 3300. The van der Waals surface area contributed by atoms with E-state index in [-0.39, 0.29) is 44.1 Å². The van der Waals surface area contributed by atoms with Crippen molar-refractivity contribution in [3.8, 4) is 11.5 Å². The number of anilines is 1. The molecule has 0 bridgehead atoms. The molecule has 27 nitrogen and oxygen atoms in total. The number of hydrogen-bond donors (Lipinski definition) is 1. The molecule has 3 aromatic rings. The van der Waals surface area contributed by atoms with Crippen LogP contribution in [0.3, 0.4) is 0 Å². The number of hydrogen-bond acceptors (Lipinski definition) is 23. The maximum atomic E-state index is 12.8. The van der Waals surface area contributed by atoms with Crippen LogP contribution in [-0.2, 0) is 92.7 Å². The standard InChI is InChI=1S/C68H100N6O21S/c1-8-51-48-67(4,5)72(9-2)57-46-59-55(44-53(51)57)64(56-45-54-52(50-96(79,80)81)49-68(6,7)73(10-3)58(54)47-60(56)94-59)65-70-17-20-71(65)19-13-11-12-14-61(75)69-18-21-82-22-23-83-24-25-84-26-27-85-28-29-86-30-31-87-32-33-88-34-35-89-36-37-90-38-39-91-40-41-92-42-43-93-66(78)95-74-62(76)15-16-63(74)77/h17,20,44-49H,8-16,18-19,21-43,50H2,1-7H3,(H-,69,75,79,80,81). The molecule has 0 unspecified atom stereocenters. The molecule has 534 valence electrons. The molecule has 0 aliphatic carbocycles. The van der Waals surface area contributed by atoms with Crippen LogP contribution in [0.4, 0.5) is 10.5 Å². The van der Waals surface area contributed by atoms with Gasteiger partial charge in [0.25, 0.3) is 11.8 Å². The first-order chi connectivity index (χ1) is 46.3. The first-order valence-corrected chi connectivity index (χ1v) is 35.1. The predicted molar refractivity (Wildman–Crippen MR) is 354 cm³/mol. The quantitative estimate of drug-likeness (QED) is 0.0201. The number of likely N-dealkylation sites (N-methyl/N-ethyl adjacent to an activating group) is 2. The Hall–Kier alpha value is -6.25. The third-order valence-electron chi connectivity index (χ3n) is 16.2. The number of ether oxygens (including phenoxy) is 13. The van der Waals surface area contributed by atoms with Gasteiger partial charge in [-0.15, -0.1) is 0 Å². The van der Waals surface area contributed by atoms with E-state index in [2.05, 4.69) is 77.0 Å². The summed E-state index contributed by atoms with van der Waals surface area (Å²) in [6.07, 6.45) is 10.4. The highest BCUT2D eigenvalue weighted by molar-refractivity contribution is 7.86. The second-order valence-electron chi connectivity index (χ2n) is 24.0. The fourth-order valence-corrected chi connectivity index (χ4v) is 12.4. The number of rotatable bonds is 49. The van der Waals surface area contributed by atoms with E-state index in [1.54, 1.807) is 6.20 Å². The van der Waals surface area contributed by atoms with Crippen molar-refractivity contribution in [3.63, 3.8) is 0 Å². The summed E-state index contributed by atoms with van der Waals surface area (Å²) >= 11 is 0. The number of aryl methyl sites for hydroxylation is 1. The number of imide groups is 1. The van der Waals surface area contributed by atoms with Crippen molar-refractivity contribution < 1.29 is 98.6 Å². The van der Waals surface area contributed by atoms with Crippen molar-refractivity contribution >= 4 is 56.4 Å². The van der Waals surface area contributed by atoms with Gasteiger partial charge < -0.3 is 80.9 Å². The highest BCUT2D eigenvalue weighted by atomic mass is 32.2. The molecule has 0 saturated carbocycles. The Morgan fingerprint density at radius 1 is 0.625 bits per heavy atom. The Morgan fingerprint density at radius 2 is 1.15 bits per heavy atom. The summed E-state index contributed by atoms with van der Waals surface area (Å²) < 4.78 is 114. The number of allylic oxidation sites excluding steroid dienone is 1.